The van der Waals surface area contributed by atoms with Gasteiger partial charge in [-0.05, 0) is 62.3 Å². The summed E-state index contributed by atoms with van der Waals surface area (Å²) >= 11 is 6.23. The van der Waals surface area contributed by atoms with Gasteiger partial charge in [0.1, 0.15) is 5.76 Å². The van der Waals surface area contributed by atoms with Gasteiger partial charge in [0.15, 0.2) is 0 Å². The van der Waals surface area contributed by atoms with Gasteiger partial charge in [-0.15, -0.1) is 0 Å². The van der Waals surface area contributed by atoms with Crippen molar-refractivity contribution in [2.24, 2.45) is 5.92 Å². The van der Waals surface area contributed by atoms with Crippen LogP contribution in [-0.4, -0.2) is 39.9 Å². The summed E-state index contributed by atoms with van der Waals surface area (Å²) in [6.07, 6.45) is 2.93. The third-order valence-electron chi connectivity index (χ3n) is 6.33. The number of anilines is 1. The zero-order chi connectivity index (χ0) is 25.6. The number of aromatic nitrogens is 2. The zero-order valence-electron chi connectivity index (χ0n) is 20.0. The summed E-state index contributed by atoms with van der Waals surface area (Å²) < 4.78 is 10.7. The number of carbonyl (C=O) groups excluding carboxylic acids is 2. The molecule has 4 aromatic rings. The highest BCUT2D eigenvalue weighted by Gasteiger charge is 2.27. The fourth-order valence-electron chi connectivity index (χ4n) is 4.32. The molecule has 1 saturated heterocycles. The molecule has 2 N–H and O–H groups in total. The molecule has 0 saturated carbocycles. The second-order valence-corrected chi connectivity index (χ2v) is 9.25. The van der Waals surface area contributed by atoms with Gasteiger partial charge in [0.25, 0.3) is 5.91 Å². The van der Waals surface area contributed by atoms with Gasteiger partial charge in [-0.25, -0.2) is 0 Å². The lowest BCUT2D eigenvalue weighted by atomic mass is 9.95. The molecule has 0 atom stereocenters. The number of nitrogens with zero attached hydrogens (tertiary/aromatic N) is 3. The number of carbonyl (C=O) groups is 2. The average Bonchev–Trinajstić information content (AvgIpc) is 3.61. The number of piperidine rings is 1. The molecule has 0 spiro atoms. The van der Waals surface area contributed by atoms with Gasteiger partial charge in [-0.3, -0.25) is 14.5 Å². The van der Waals surface area contributed by atoms with Crippen LogP contribution in [0.1, 0.15) is 34.9 Å². The number of furan rings is 1. The van der Waals surface area contributed by atoms with E-state index in [4.69, 9.17) is 20.5 Å². The van der Waals surface area contributed by atoms with Crippen molar-refractivity contribution >= 4 is 29.1 Å². The van der Waals surface area contributed by atoms with Crippen LogP contribution in [0.5, 0.6) is 0 Å². The van der Waals surface area contributed by atoms with Crippen molar-refractivity contribution in [3.05, 3.63) is 89.2 Å². The number of halogens is 1. The largest absolute Gasteiger partial charge is 0.467 e. The van der Waals surface area contributed by atoms with E-state index < -0.39 is 0 Å². The van der Waals surface area contributed by atoms with Gasteiger partial charge >= 0.3 is 0 Å². The molecular weight excluding hydrogens is 494 g/mol. The first-order valence-corrected chi connectivity index (χ1v) is 12.4. The Bertz CT molecular complexity index is 1360. The summed E-state index contributed by atoms with van der Waals surface area (Å²) in [5.41, 5.74) is 1.62. The fourth-order valence-corrected chi connectivity index (χ4v) is 4.54. The Hall–Kier alpha value is -3.95. The average molecular weight is 520 g/mol. The highest BCUT2D eigenvalue weighted by Crippen LogP contribution is 2.26. The van der Waals surface area contributed by atoms with E-state index in [1.807, 2.05) is 18.2 Å². The third kappa shape index (κ3) is 6.07. The maximum Gasteiger partial charge on any atom is 0.253 e. The van der Waals surface area contributed by atoms with E-state index in [0.717, 1.165) is 5.56 Å². The van der Waals surface area contributed by atoms with Gasteiger partial charge < -0.3 is 19.6 Å². The van der Waals surface area contributed by atoms with E-state index >= 15 is 0 Å². The topological polar surface area (TPSA) is 114 Å². The van der Waals surface area contributed by atoms with Crippen LogP contribution in [0.2, 0.25) is 5.02 Å². The second kappa shape index (κ2) is 11.4. The van der Waals surface area contributed by atoms with Crippen molar-refractivity contribution in [1.29, 1.82) is 0 Å². The van der Waals surface area contributed by atoms with Crippen LogP contribution in [0, 0.1) is 5.92 Å². The number of likely N-dealkylation sites (tertiary alicyclic amines) is 1. The molecule has 10 heteroatoms. The van der Waals surface area contributed by atoms with Crippen molar-refractivity contribution in [3.8, 4) is 11.4 Å². The molecule has 0 radical (unpaired) electrons. The Kier molecular flexibility index (Phi) is 7.62. The van der Waals surface area contributed by atoms with Crippen LogP contribution in [0.4, 0.5) is 5.69 Å². The van der Waals surface area contributed by atoms with Crippen LogP contribution in [0.25, 0.3) is 11.4 Å². The van der Waals surface area contributed by atoms with Crippen molar-refractivity contribution in [2.45, 2.75) is 25.9 Å². The lowest BCUT2D eigenvalue weighted by molar-refractivity contribution is -0.121. The number of para-hydroxylation sites is 1. The van der Waals surface area contributed by atoms with Gasteiger partial charge in [0.2, 0.25) is 17.6 Å². The molecule has 0 bridgehead atoms. The highest BCUT2D eigenvalue weighted by molar-refractivity contribution is 6.33. The predicted molar refractivity (Wildman–Crippen MR) is 138 cm³/mol. The lowest BCUT2D eigenvalue weighted by Crippen LogP contribution is -2.38. The van der Waals surface area contributed by atoms with E-state index in [2.05, 4.69) is 25.7 Å². The van der Waals surface area contributed by atoms with Crippen LogP contribution < -0.4 is 10.6 Å². The van der Waals surface area contributed by atoms with Crippen molar-refractivity contribution in [3.63, 3.8) is 0 Å². The molecular formula is C27H26ClN5O4. The van der Waals surface area contributed by atoms with Crippen molar-refractivity contribution < 1.29 is 18.5 Å². The first-order valence-electron chi connectivity index (χ1n) is 12.1. The first kappa shape index (κ1) is 24.7. The Labute approximate surface area is 218 Å². The lowest BCUT2D eigenvalue weighted by Gasteiger charge is -2.30. The fraction of sp³-hybridized carbons (Fsp3) is 0.259. The number of hydrogen-bond donors (Lipinski definition) is 2. The Morgan fingerprint density at radius 2 is 1.81 bits per heavy atom. The summed E-state index contributed by atoms with van der Waals surface area (Å²) in [6.45, 7) is 2.21. The SMILES string of the molecule is O=C(NCc1ccco1)c1ccccc1NC(=O)C1CCN(Cc2nc(-c3ccccc3Cl)no2)CC1. The monoisotopic (exact) mass is 519 g/mol. The predicted octanol–water partition coefficient (Wildman–Crippen LogP) is 4.76. The summed E-state index contributed by atoms with van der Waals surface area (Å²) in [5, 5.41) is 10.4. The van der Waals surface area contributed by atoms with Crippen LogP contribution in [0.3, 0.4) is 0 Å². The smallest absolute Gasteiger partial charge is 0.253 e. The molecule has 2 aromatic heterocycles. The van der Waals surface area contributed by atoms with Crippen molar-refractivity contribution in [2.75, 3.05) is 18.4 Å². The second-order valence-electron chi connectivity index (χ2n) is 8.84. The molecule has 9 nitrogen and oxygen atoms in total. The standard InChI is InChI=1S/C27H26ClN5O4/c28-22-9-3-1-7-20(22)25-31-24(37-32-25)17-33-13-11-18(12-14-33)26(34)30-23-10-4-2-8-21(23)27(35)29-16-19-6-5-15-36-19/h1-10,15,18H,11-14,16-17H2,(H,29,35)(H,30,34). The van der Waals surface area contributed by atoms with E-state index in [1.54, 1.807) is 48.7 Å². The quantitative estimate of drug-likeness (QED) is 0.345. The molecule has 2 amide bonds. The summed E-state index contributed by atoms with van der Waals surface area (Å²) in [5.74, 6) is 1.09. The minimum Gasteiger partial charge on any atom is -0.467 e. The summed E-state index contributed by atoms with van der Waals surface area (Å²) in [6, 6.07) is 17.9. The number of amides is 2. The number of nitrogens with one attached hydrogen (secondary N) is 2. The molecule has 0 aliphatic carbocycles. The molecule has 190 valence electrons. The Morgan fingerprint density at radius 1 is 1.03 bits per heavy atom. The van der Waals surface area contributed by atoms with Gasteiger partial charge in [-0.2, -0.15) is 4.98 Å². The summed E-state index contributed by atoms with van der Waals surface area (Å²) in [7, 11) is 0. The highest BCUT2D eigenvalue weighted by atomic mass is 35.5. The Balaban J connectivity index is 1.13. The molecule has 1 fully saturated rings. The normalized spacial score (nSPS) is 14.4. The molecule has 2 aromatic carbocycles. The molecule has 1 aliphatic rings. The molecule has 1 aliphatic heterocycles. The maximum absolute atomic E-state index is 13.0. The first-order chi connectivity index (χ1) is 18.1. The number of hydrogen-bond acceptors (Lipinski definition) is 7. The molecule has 3 heterocycles. The van der Waals surface area contributed by atoms with Gasteiger partial charge in [-0.1, -0.05) is 41.0 Å². The van der Waals surface area contributed by atoms with Crippen LogP contribution in [0.15, 0.2) is 75.9 Å². The van der Waals surface area contributed by atoms with E-state index in [9.17, 15) is 9.59 Å². The summed E-state index contributed by atoms with van der Waals surface area (Å²) in [4.78, 5) is 32.4. The number of rotatable bonds is 8. The minimum atomic E-state index is -0.280. The molecule has 37 heavy (non-hydrogen) atoms. The van der Waals surface area contributed by atoms with Gasteiger partial charge in [0, 0.05) is 11.5 Å². The van der Waals surface area contributed by atoms with Crippen LogP contribution >= 0.6 is 11.6 Å². The Morgan fingerprint density at radius 3 is 2.59 bits per heavy atom. The molecule has 5 rings (SSSR count). The van der Waals surface area contributed by atoms with E-state index in [-0.39, 0.29) is 24.3 Å². The van der Waals surface area contributed by atoms with E-state index in [1.165, 1.54) is 0 Å². The van der Waals surface area contributed by atoms with E-state index in [0.29, 0.717) is 66.2 Å². The minimum absolute atomic E-state index is 0.0928. The number of benzene rings is 2. The van der Waals surface area contributed by atoms with Gasteiger partial charge in [0.05, 0.1) is 35.6 Å². The van der Waals surface area contributed by atoms with Crippen LogP contribution in [-0.2, 0) is 17.9 Å². The zero-order valence-corrected chi connectivity index (χ0v) is 20.8. The van der Waals surface area contributed by atoms with Crippen molar-refractivity contribution in [1.82, 2.24) is 20.4 Å². The third-order valence-corrected chi connectivity index (χ3v) is 6.66. The maximum atomic E-state index is 13.0. The molecule has 0 unspecified atom stereocenters.